The van der Waals surface area contributed by atoms with Crippen LogP contribution in [-0.2, 0) is 16.0 Å². The molecule has 0 bridgehead atoms. The Balaban J connectivity index is 1.84. The van der Waals surface area contributed by atoms with E-state index < -0.39 is 5.41 Å². The van der Waals surface area contributed by atoms with Crippen LogP contribution >= 0.6 is 11.3 Å². The highest BCUT2D eigenvalue weighted by molar-refractivity contribution is 7.18. The summed E-state index contributed by atoms with van der Waals surface area (Å²) < 4.78 is 6.25. The van der Waals surface area contributed by atoms with Crippen LogP contribution in [0.1, 0.15) is 30.7 Å². The van der Waals surface area contributed by atoms with Crippen LogP contribution in [0.3, 0.4) is 0 Å². The van der Waals surface area contributed by atoms with Crippen molar-refractivity contribution in [2.75, 3.05) is 6.61 Å². The first kappa shape index (κ1) is 14.0. The lowest BCUT2D eigenvalue weighted by atomic mass is 9.83. The van der Waals surface area contributed by atoms with E-state index in [1.54, 1.807) is 11.3 Å². The Labute approximate surface area is 127 Å². The molecule has 5 heteroatoms. The molecule has 0 N–H and O–H groups in total. The number of ether oxygens (including phenoxy) is 1. The van der Waals surface area contributed by atoms with E-state index in [1.165, 1.54) is 0 Å². The number of esters is 1. The first-order valence-electron chi connectivity index (χ1n) is 7.12. The normalized spacial score (nSPS) is 16.7. The molecule has 1 fully saturated rings. The lowest BCUT2D eigenvalue weighted by Crippen LogP contribution is -2.32. The van der Waals surface area contributed by atoms with Gasteiger partial charge in [-0.25, -0.2) is 4.98 Å². The summed E-state index contributed by atoms with van der Waals surface area (Å²) in [5.74, 6) is -0.235. The molecule has 4 nitrogen and oxygen atoms in total. The van der Waals surface area contributed by atoms with E-state index in [2.05, 4.69) is 4.98 Å². The molecule has 1 aliphatic rings. The van der Waals surface area contributed by atoms with Gasteiger partial charge in [-0.3, -0.25) is 4.79 Å². The Kier molecular flexibility index (Phi) is 3.89. The number of hydrogen-bond donors (Lipinski definition) is 0. The maximum absolute atomic E-state index is 12.3. The Morgan fingerprint density at radius 2 is 2.14 bits per heavy atom. The van der Waals surface area contributed by atoms with Crippen molar-refractivity contribution in [1.29, 1.82) is 5.26 Å². The molecule has 2 aromatic rings. The van der Waals surface area contributed by atoms with Crippen molar-refractivity contribution in [3.8, 4) is 6.07 Å². The summed E-state index contributed by atoms with van der Waals surface area (Å²) in [6, 6.07) is 9.87. The zero-order valence-corrected chi connectivity index (χ0v) is 12.5. The summed E-state index contributed by atoms with van der Waals surface area (Å²) >= 11 is 1.64. The highest BCUT2D eigenvalue weighted by Gasteiger charge is 2.43. The molecule has 1 aliphatic carbocycles. The molecular weight excluding hydrogens is 284 g/mol. The molecule has 0 amide bonds. The number of rotatable bonds is 4. The number of carbonyl (C=O) groups excluding carboxylic acids is 1. The van der Waals surface area contributed by atoms with Crippen LogP contribution in [0, 0.1) is 16.7 Å². The molecule has 0 unspecified atom stereocenters. The van der Waals surface area contributed by atoms with Gasteiger partial charge in [-0.2, -0.15) is 5.26 Å². The molecular formula is C16H16N2O2S. The van der Waals surface area contributed by atoms with Crippen molar-refractivity contribution in [2.45, 2.75) is 32.1 Å². The standard InChI is InChI=1S/C16H16N2O2S/c17-9-10-20-15(19)16(7-3-4-8-16)11-14-18-12-5-1-2-6-13(12)21-14/h1-2,5-6H,3-4,7-8,10-11H2. The Hall–Kier alpha value is -1.93. The van der Waals surface area contributed by atoms with Crippen LogP contribution in [0.25, 0.3) is 10.2 Å². The zero-order chi connectivity index (χ0) is 14.7. The number of fused-ring (bicyclic) bond motifs is 1. The number of para-hydroxylation sites is 1. The van der Waals surface area contributed by atoms with Gasteiger partial charge in [0.15, 0.2) is 6.61 Å². The summed E-state index contributed by atoms with van der Waals surface area (Å²) in [5, 5.41) is 9.57. The minimum atomic E-state index is -0.481. The van der Waals surface area contributed by atoms with E-state index in [-0.39, 0.29) is 12.6 Å². The summed E-state index contributed by atoms with van der Waals surface area (Å²) in [4.78, 5) is 17.0. The van der Waals surface area contributed by atoms with Gasteiger partial charge in [0.1, 0.15) is 6.07 Å². The van der Waals surface area contributed by atoms with Crippen molar-refractivity contribution in [1.82, 2.24) is 4.98 Å². The summed E-state index contributed by atoms with van der Waals surface area (Å²) in [6.45, 7) is -0.166. The number of benzene rings is 1. The van der Waals surface area contributed by atoms with Crippen molar-refractivity contribution < 1.29 is 9.53 Å². The first-order valence-corrected chi connectivity index (χ1v) is 7.94. The molecule has 1 saturated carbocycles. The van der Waals surface area contributed by atoms with Crippen molar-refractivity contribution >= 4 is 27.5 Å². The fraction of sp³-hybridized carbons (Fsp3) is 0.438. The third kappa shape index (κ3) is 2.77. The van der Waals surface area contributed by atoms with Gasteiger partial charge in [-0.15, -0.1) is 11.3 Å². The van der Waals surface area contributed by atoms with Crippen LogP contribution in [0.4, 0.5) is 0 Å². The van der Waals surface area contributed by atoms with Gasteiger partial charge in [0.2, 0.25) is 0 Å². The van der Waals surface area contributed by atoms with Gasteiger partial charge in [0, 0.05) is 6.42 Å². The summed E-state index contributed by atoms with van der Waals surface area (Å²) in [5.41, 5.74) is 0.501. The lowest BCUT2D eigenvalue weighted by molar-refractivity contribution is -0.154. The fourth-order valence-electron chi connectivity index (χ4n) is 3.04. The van der Waals surface area contributed by atoms with Crippen LogP contribution in [-0.4, -0.2) is 17.6 Å². The molecule has 1 aromatic heterocycles. The molecule has 1 aromatic carbocycles. The topological polar surface area (TPSA) is 63.0 Å². The highest BCUT2D eigenvalue weighted by Crippen LogP contribution is 2.43. The van der Waals surface area contributed by atoms with E-state index >= 15 is 0 Å². The minimum absolute atomic E-state index is 0.166. The number of hydrogen-bond acceptors (Lipinski definition) is 5. The second-order valence-electron chi connectivity index (χ2n) is 5.47. The predicted molar refractivity (Wildman–Crippen MR) is 80.8 cm³/mol. The van der Waals surface area contributed by atoms with E-state index in [4.69, 9.17) is 10.00 Å². The number of nitriles is 1. The first-order chi connectivity index (χ1) is 10.2. The predicted octanol–water partition coefficient (Wildman–Crippen LogP) is 3.47. The molecule has 3 rings (SSSR count). The van der Waals surface area contributed by atoms with Crippen molar-refractivity contribution in [3.63, 3.8) is 0 Å². The van der Waals surface area contributed by atoms with Gasteiger partial charge in [0.05, 0.1) is 20.6 Å². The minimum Gasteiger partial charge on any atom is -0.450 e. The Morgan fingerprint density at radius 3 is 2.86 bits per heavy atom. The fourth-order valence-corrected chi connectivity index (χ4v) is 4.15. The molecule has 0 radical (unpaired) electrons. The molecule has 0 saturated heterocycles. The SMILES string of the molecule is N#CCOC(=O)C1(Cc2nc3ccccc3s2)CCCC1. The Bertz CT molecular complexity index is 663. The number of carbonyl (C=O) groups is 1. The summed E-state index contributed by atoms with van der Waals surface area (Å²) in [7, 11) is 0. The number of aromatic nitrogens is 1. The highest BCUT2D eigenvalue weighted by atomic mass is 32.1. The van der Waals surface area contributed by atoms with E-state index in [9.17, 15) is 4.79 Å². The monoisotopic (exact) mass is 300 g/mol. The molecule has 0 atom stereocenters. The maximum Gasteiger partial charge on any atom is 0.313 e. The smallest absolute Gasteiger partial charge is 0.313 e. The second-order valence-corrected chi connectivity index (χ2v) is 6.59. The van der Waals surface area contributed by atoms with Crippen molar-refractivity contribution in [3.05, 3.63) is 29.3 Å². The van der Waals surface area contributed by atoms with Crippen LogP contribution < -0.4 is 0 Å². The van der Waals surface area contributed by atoms with Crippen LogP contribution in [0.15, 0.2) is 24.3 Å². The van der Waals surface area contributed by atoms with E-state index in [0.717, 1.165) is 40.9 Å². The van der Waals surface area contributed by atoms with Crippen LogP contribution in [0.2, 0.25) is 0 Å². The number of thiazole rings is 1. The van der Waals surface area contributed by atoms with Crippen molar-refractivity contribution in [2.24, 2.45) is 5.41 Å². The molecule has 0 aliphatic heterocycles. The molecule has 21 heavy (non-hydrogen) atoms. The number of nitrogens with zero attached hydrogens (tertiary/aromatic N) is 2. The van der Waals surface area contributed by atoms with Gasteiger partial charge < -0.3 is 4.74 Å². The largest absolute Gasteiger partial charge is 0.450 e. The van der Waals surface area contributed by atoms with Gasteiger partial charge in [-0.1, -0.05) is 25.0 Å². The lowest BCUT2D eigenvalue weighted by Gasteiger charge is -2.24. The molecule has 108 valence electrons. The quantitative estimate of drug-likeness (QED) is 0.811. The average Bonchev–Trinajstić information content (AvgIpc) is 3.11. The third-order valence-electron chi connectivity index (χ3n) is 4.09. The molecule has 0 spiro atoms. The average molecular weight is 300 g/mol. The van der Waals surface area contributed by atoms with Crippen LogP contribution in [0.5, 0.6) is 0 Å². The van der Waals surface area contributed by atoms with Gasteiger partial charge >= 0.3 is 5.97 Å². The molecule has 1 heterocycles. The van der Waals surface area contributed by atoms with E-state index in [0.29, 0.717) is 6.42 Å². The van der Waals surface area contributed by atoms with Gasteiger partial charge in [0.25, 0.3) is 0 Å². The Morgan fingerprint density at radius 1 is 1.38 bits per heavy atom. The summed E-state index contributed by atoms with van der Waals surface area (Å²) in [6.07, 6.45) is 4.34. The third-order valence-corrected chi connectivity index (χ3v) is 5.13. The second kappa shape index (κ2) is 5.82. The zero-order valence-electron chi connectivity index (χ0n) is 11.7. The van der Waals surface area contributed by atoms with Gasteiger partial charge in [-0.05, 0) is 25.0 Å². The maximum atomic E-state index is 12.3. The van der Waals surface area contributed by atoms with E-state index in [1.807, 2.05) is 30.3 Å².